The number of dihydropyridines is 1. The second-order valence-electron chi connectivity index (χ2n) is 4.39. The van der Waals surface area contributed by atoms with Crippen LogP contribution in [0.5, 0.6) is 5.75 Å². The number of ether oxygens (including phenoxy) is 1. The Kier molecular flexibility index (Phi) is 3.85. The van der Waals surface area contributed by atoms with Crippen molar-refractivity contribution in [3.63, 3.8) is 0 Å². The predicted molar refractivity (Wildman–Crippen MR) is 75.1 cm³/mol. The molecule has 5 nitrogen and oxygen atoms in total. The smallest absolute Gasteiger partial charge is 0.245 e. The number of hydrogen-bond acceptors (Lipinski definition) is 4. The SMILES string of the molecule is CNC(=O)C1N=CC=C(Oc2ccc(N)cc2)C1C. The van der Waals surface area contributed by atoms with Gasteiger partial charge in [0.15, 0.2) is 0 Å². The van der Waals surface area contributed by atoms with Crippen LogP contribution in [0.3, 0.4) is 0 Å². The van der Waals surface area contributed by atoms with E-state index in [9.17, 15) is 4.79 Å². The Morgan fingerprint density at radius 2 is 2.05 bits per heavy atom. The number of rotatable bonds is 3. The van der Waals surface area contributed by atoms with Gasteiger partial charge in [-0.25, -0.2) is 0 Å². The summed E-state index contributed by atoms with van der Waals surface area (Å²) >= 11 is 0. The Balaban J connectivity index is 2.12. The van der Waals surface area contributed by atoms with E-state index in [1.54, 1.807) is 43.6 Å². The number of allylic oxidation sites excluding steroid dienone is 1. The molecule has 19 heavy (non-hydrogen) atoms. The third-order valence-electron chi connectivity index (χ3n) is 3.04. The van der Waals surface area contributed by atoms with Gasteiger partial charge in [0.25, 0.3) is 0 Å². The first-order chi connectivity index (χ1) is 9.11. The zero-order valence-corrected chi connectivity index (χ0v) is 11.0. The Morgan fingerprint density at radius 1 is 1.37 bits per heavy atom. The largest absolute Gasteiger partial charge is 0.461 e. The molecule has 0 aromatic heterocycles. The van der Waals surface area contributed by atoms with E-state index in [0.717, 1.165) is 0 Å². The Morgan fingerprint density at radius 3 is 2.68 bits per heavy atom. The predicted octanol–water partition coefficient (Wildman–Crippen LogP) is 1.37. The number of amides is 1. The van der Waals surface area contributed by atoms with Gasteiger partial charge in [0.1, 0.15) is 17.6 Å². The fourth-order valence-electron chi connectivity index (χ4n) is 1.89. The number of anilines is 1. The number of likely N-dealkylation sites (N-methyl/N-ethyl adjacent to an activating group) is 1. The van der Waals surface area contributed by atoms with Crippen molar-refractivity contribution in [2.24, 2.45) is 10.9 Å². The monoisotopic (exact) mass is 259 g/mol. The highest BCUT2D eigenvalue weighted by Gasteiger charge is 2.29. The number of nitrogen functional groups attached to an aromatic ring is 1. The van der Waals surface area contributed by atoms with Crippen molar-refractivity contribution >= 4 is 17.8 Å². The maximum absolute atomic E-state index is 11.7. The summed E-state index contributed by atoms with van der Waals surface area (Å²) in [5, 5.41) is 2.60. The zero-order valence-electron chi connectivity index (χ0n) is 11.0. The molecule has 5 heteroatoms. The first kappa shape index (κ1) is 13.1. The summed E-state index contributed by atoms with van der Waals surface area (Å²) in [4.78, 5) is 15.9. The molecule has 1 aliphatic heterocycles. The molecule has 1 aliphatic rings. The summed E-state index contributed by atoms with van der Waals surface area (Å²) in [6.45, 7) is 1.92. The molecule has 0 fully saturated rings. The van der Waals surface area contributed by atoms with Crippen molar-refractivity contribution in [2.45, 2.75) is 13.0 Å². The normalized spacial score (nSPS) is 21.7. The second-order valence-corrected chi connectivity index (χ2v) is 4.39. The highest BCUT2D eigenvalue weighted by Crippen LogP contribution is 2.25. The average Bonchev–Trinajstić information content (AvgIpc) is 2.43. The van der Waals surface area contributed by atoms with Gasteiger partial charge in [0.2, 0.25) is 5.91 Å². The van der Waals surface area contributed by atoms with E-state index in [1.807, 2.05) is 6.92 Å². The van der Waals surface area contributed by atoms with E-state index in [-0.39, 0.29) is 11.8 Å². The minimum atomic E-state index is -0.446. The molecule has 1 aromatic rings. The molecule has 0 aliphatic carbocycles. The summed E-state index contributed by atoms with van der Waals surface area (Å²) in [7, 11) is 1.60. The fraction of sp³-hybridized carbons (Fsp3) is 0.286. The highest BCUT2D eigenvalue weighted by molar-refractivity contribution is 5.86. The van der Waals surface area contributed by atoms with E-state index in [2.05, 4.69) is 10.3 Å². The average molecular weight is 259 g/mol. The number of nitrogens with one attached hydrogen (secondary N) is 1. The van der Waals surface area contributed by atoms with Gasteiger partial charge < -0.3 is 15.8 Å². The van der Waals surface area contributed by atoms with E-state index < -0.39 is 6.04 Å². The first-order valence-corrected chi connectivity index (χ1v) is 6.10. The molecular formula is C14H17N3O2. The number of nitrogens with zero attached hydrogens (tertiary/aromatic N) is 1. The lowest BCUT2D eigenvalue weighted by Gasteiger charge is -2.24. The number of hydrogen-bond donors (Lipinski definition) is 2. The molecule has 1 amide bonds. The molecule has 2 rings (SSSR count). The van der Waals surface area contributed by atoms with Gasteiger partial charge in [-0.1, -0.05) is 6.92 Å². The summed E-state index contributed by atoms with van der Waals surface area (Å²) in [6.07, 6.45) is 3.38. The lowest BCUT2D eigenvalue weighted by atomic mass is 9.97. The van der Waals surface area contributed by atoms with Crippen molar-refractivity contribution < 1.29 is 9.53 Å². The lowest BCUT2D eigenvalue weighted by Crippen LogP contribution is -2.38. The molecule has 2 unspecified atom stereocenters. The molecule has 1 aromatic carbocycles. The maximum atomic E-state index is 11.7. The Hall–Kier alpha value is -2.30. The topological polar surface area (TPSA) is 76.7 Å². The summed E-state index contributed by atoms with van der Waals surface area (Å²) in [5.41, 5.74) is 6.31. The summed E-state index contributed by atoms with van der Waals surface area (Å²) < 4.78 is 5.78. The molecule has 100 valence electrons. The number of aliphatic imine (C=N–C) groups is 1. The van der Waals surface area contributed by atoms with Crippen LogP contribution in [-0.4, -0.2) is 25.2 Å². The molecule has 0 bridgehead atoms. The van der Waals surface area contributed by atoms with Crippen LogP contribution in [0, 0.1) is 5.92 Å². The third-order valence-corrected chi connectivity index (χ3v) is 3.04. The van der Waals surface area contributed by atoms with Crippen LogP contribution in [0.25, 0.3) is 0 Å². The van der Waals surface area contributed by atoms with Gasteiger partial charge >= 0.3 is 0 Å². The van der Waals surface area contributed by atoms with E-state index >= 15 is 0 Å². The van der Waals surface area contributed by atoms with Crippen molar-refractivity contribution in [3.8, 4) is 5.75 Å². The Labute approximate surface area is 112 Å². The third kappa shape index (κ3) is 2.93. The van der Waals surface area contributed by atoms with Crippen LogP contribution in [0.2, 0.25) is 0 Å². The summed E-state index contributed by atoms with van der Waals surface area (Å²) in [5.74, 6) is 1.18. The number of benzene rings is 1. The van der Waals surface area contributed by atoms with Crippen molar-refractivity contribution in [2.75, 3.05) is 12.8 Å². The van der Waals surface area contributed by atoms with E-state index in [1.165, 1.54) is 0 Å². The van der Waals surface area contributed by atoms with Crippen molar-refractivity contribution in [1.82, 2.24) is 5.32 Å². The van der Waals surface area contributed by atoms with E-state index in [4.69, 9.17) is 10.5 Å². The molecule has 0 radical (unpaired) electrons. The Bertz CT molecular complexity index is 520. The van der Waals surface area contributed by atoms with Gasteiger partial charge in [-0.2, -0.15) is 0 Å². The second kappa shape index (κ2) is 5.56. The van der Waals surface area contributed by atoms with Crippen LogP contribution < -0.4 is 15.8 Å². The lowest BCUT2D eigenvalue weighted by molar-refractivity contribution is -0.122. The van der Waals surface area contributed by atoms with Gasteiger partial charge in [-0.15, -0.1) is 0 Å². The molecule has 1 heterocycles. The quantitative estimate of drug-likeness (QED) is 0.805. The van der Waals surface area contributed by atoms with Gasteiger partial charge in [0.05, 0.1) is 0 Å². The fourth-order valence-corrected chi connectivity index (χ4v) is 1.89. The molecule has 0 spiro atoms. The van der Waals surface area contributed by atoms with Crippen LogP contribution in [-0.2, 0) is 4.79 Å². The maximum Gasteiger partial charge on any atom is 0.245 e. The van der Waals surface area contributed by atoms with Crippen LogP contribution >= 0.6 is 0 Å². The minimum absolute atomic E-state index is 0.109. The van der Waals surface area contributed by atoms with Crippen LogP contribution in [0.1, 0.15) is 6.92 Å². The van der Waals surface area contributed by atoms with Crippen LogP contribution in [0.4, 0.5) is 5.69 Å². The number of carbonyl (C=O) groups is 1. The standard InChI is InChI=1S/C14H17N3O2/c1-9-12(7-8-17-13(9)14(18)16-2)19-11-5-3-10(15)4-6-11/h3-9,13H,15H2,1-2H3,(H,16,18). The molecule has 0 saturated carbocycles. The van der Waals surface area contributed by atoms with Gasteiger partial charge in [-0.3, -0.25) is 9.79 Å². The molecule has 2 atom stereocenters. The van der Waals surface area contributed by atoms with Gasteiger partial charge in [-0.05, 0) is 30.3 Å². The van der Waals surface area contributed by atoms with Crippen molar-refractivity contribution in [3.05, 3.63) is 36.1 Å². The molecule has 0 saturated heterocycles. The van der Waals surface area contributed by atoms with Gasteiger partial charge in [0, 0.05) is 24.9 Å². The number of nitrogens with two attached hydrogens (primary N) is 1. The van der Waals surface area contributed by atoms with E-state index in [0.29, 0.717) is 17.2 Å². The minimum Gasteiger partial charge on any atom is -0.461 e. The molecule has 3 N–H and O–H groups in total. The molecular weight excluding hydrogens is 242 g/mol. The first-order valence-electron chi connectivity index (χ1n) is 6.10. The zero-order chi connectivity index (χ0) is 13.8. The van der Waals surface area contributed by atoms with Crippen molar-refractivity contribution in [1.29, 1.82) is 0 Å². The highest BCUT2D eigenvalue weighted by atomic mass is 16.5. The number of carbonyl (C=O) groups excluding carboxylic acids is 1. The van der Waals surface area contributed by atoms with Crippen LogP contribution in [0.15, 0.2) is 41.1 Å². The summed E-state index contributed by atoms with van der Waals surface area (Å²) in [6, 6.07) is 6.69.